The van der Waals surface area contributed by atoms with Gasteiger partial charge >= 0.3 is 6.09 Å². The van der Waals surface area contributed by atoms with Crippen LogP contribution in [0.1, 0.15) is 26.3 Å². The summed E-state index contributed by atoms with van der Waals surface area (Å²) in [6, 6.07) is 7.18. The van der Waals surface area contributed by atoms with E-state index in [-0.39, 0.29) is 12.7 Å². The Hall–Kier alpha value is -1.75. The number of aliphatic hydroxyl groups excluding tert-OH is 1. The average Bonchev–Trinajstić information content (AvgIpc) is 2.37. The fourth-order valence-electron chi connectivity index (χ4n) is 1.42. The van der Waals surface area contributed by atoms with Crippen LogP contribution in [0.25, 0.3) is 0 Å². The van der Waals surface area contributed by atoms with E-state index in [0.717, 1.165) is 5.56 Å². The molecule has 1 aromatic rings. The van der Waals surface area contributed by atoms with Crippen molar-refractivity contribution >= 4 is 6.09 Å². The van der Waals surface area contributed by atoms with Gasteiger partial charge in [-0.3, -0.25) is 0 Å². The Balaban J connectivity index is 2.34. The molecule has 5 nitrogen and oxygen atoms in total. The standard InChI is InChI=1S/C15H23NO4/c1-15(2,3)20-14(18)16(4)9-10-19-13-7-5-12(11-17)6-8-13/h5-8,17H,9-11H2,1-4H3. The van der Waals surface area contributed by atoms with E-state index in [1.165, 1.54) is 4.90 Å². The highest BCUT2D eigenvalue weighted by molar-refractivity contribution is 5.67. The highest BCUT2D eigenvalue weighted by Crippen LogP contribution is 2.12. The largest absolute Gasteiger partial charge is 0.492 e. The third-order valence-electron chi connectivity index (χ3n) is 2.51. The van der Waals surface area contributed by atoms with Crippen LogP contribution in [0.15, 0.2) is 24.3 Å². The lowest BCUT2D eigenvalue weighted by Crippen LogP contribution is -2.36. The number of carbonyl (C=O) groups is 1. The van der Waals surface area contributed by atoms with Gasteiger partial charge in [-0.15, -0.1) is 0 Å². The average molecular weight is 281 g/mol. The lowest BCUT2D eigenvalue weighted by atomic mass is 10.2. The maximum Gasteiger partial charge on any atom is 0.410 e. The molecule has 20 heavy (non-hydrogen) atoms. The second-order valence-corrected chi connectivity index (χ2v) is 5.55. The molecule has 0 aromatic heterocycles. The van der Waals surface area contributed by atoms with Gasteiger partial charge in [-0.1, -0.05) is 12.1 Å². The molecule has 0 aliphatic carbocycles. The Kier molecular flexibility index (Phi) is 5.82. The number of aliphatic hydroxyl groups is 1. The summed E-state index contributed by atoms with van der Waals surface area (Å²) in [5.74, 6) is 0.708. The summed E-state index contributed by atoms with van der Waals surface area (Å²) < 4.78 is 10.8. The molecular weight excluding hydrogens is 258 g/mol. The Morgan fingerprint density at radius 3 is 2.35 bits per heavy atom. The normalized spacial score (nSPS) is 11.1. The molecule has 0 heterocycles. The van der Waals surface area contributed by atoms with Crippen LogP contribution in [-0.2, 0) is 11.3 Å². The Bertz CT molecular complexity index is 422. The Labute approximate surface area is 120 Å². The zero-order valence-corrected chi connectivity index (χ0v) is 12.5. The molecule has 1 rings (SSSR count). The zero-order chi connectivity index (χ0) is 15.2. The van der Waals surface area contributed by atoms with Gasteiger partial charge in [0.1, 0.15) is 18.0 Å². The molecule has 0 aliphatic rings. The van der Waals surface area contributed by atoms with Gasteiger partial charge in [0.15, 0.2) is 0 Å². The van der Waals surface area contributed by atoms with Crippen molar-refractivity contribution in [3.8, 4) is 5.75 Å². The Morgan fingerprint density at radius 2 is 1.85 bits per heavy atom. The van der Waals surface area contributed by atoms with Crippen LogP contribution >= 0.6 is 0 Å². The first-order valence-electron chi connectivity index (χ1n) is 6.58. The molecule has 0 atom stereocenters. The molecule has 0 bridgehead atoms. The fourth-order valence-corrected chi connectivity index (χ4v) is 1.42. The van der Waals surface area contributed by atoms with E-state index >= 15 is 0 Å². The fraction of sp³-hybridized carbons (Fsp3) is 0.533. The lowest BCUT2D eigenvalue weighted by molar-refractivity contribution is 0.0278. The first kappa shape index (κ1) is 16.3. The number of carbonyl (C=O) groups excluding carboxylic acids is 1. The van der Waals surface area contributed by atoms with Crippen molar-refractivity contribution in [3.05, 3.63) is 29.8 Å². The SMILES string of the molecule is CN(CCOc1ccc(CO)cc1)C(=O)OC(C)(C)C. The number of likely N-dealkylation sites (N-methyl/N-ethyl adjacent to an activating group) is 1. The molecule has 0 saturated heterocycles. The number of benzene rings is 1. The summed E-state index contributed by atoms with van der Waals surface area (Å²) in [5, 5.41) is 8.93. The monoisotopic (exact) mass is 281 g/mol. The van der Waals surface area contributed by atoms with E-state index < -0.39 is 5.60 Å². The van der Waals surface area contributed by atoms with Crippen molar-refractivity contribution in [2.24, 2.45) is 0 Å². The van der Waals surface area contributed by atoms with Crippen molar-refractivity contribution < 1.29 is 19.4 Å². The molecule has 5 heteroatoms. The summed E-state index contributed by atoms with van der Waals surface area (Å²) in [4.78, 5) is 13.2. The molecule has 112 valence electrons. The molecule has 0 radical (unpaired) electrons. The highest BCUT2D eigenvalue weighted by atomic mass is 16.6. The van der Waals surface area contributed by atoms with Crippen molar-refractivity contribution in [2.75, 3.05) is 20.2 Å². The number of hydrogen-bond donors (Lipinski definition) is 1. The molecule has 0 aliphatic heterocycles. The van der Waals surface area contributed by atoms with E-state index in [4.69, 9.17) is 14.6 Å². The molecular formula is C15H23NO4. The molecule has 1 N–H and O–H groups in total. The minimum atomic E-state index is -0.494. The maximum absolute atomic E-state index is 11.7. The minimum absolute atomic E-state index is 0.0155. The van der Waals surface area contributed by atoms with Crippen LogP contribution in [0.5, 0.6) is 5.75 Å². The smallest absolute Gasteiger partial charge is 0.410 e. The van der Waals surface area contributed by atoms with Crippen molar-refractivity contribution in [2.45, 2.75) is 33.0 Å². The van der Waals surface area contributed by atoms with Gasteiger partial charge < -0.3 is 19.5 Å². The second-order valence-electron chi connectivity index (χ2n) is 5.55. The van der Waals surface area contributed by atoms with E-state index in [0.29, 0.717) is 18.9 Å². The summed E-state index contributed by atoms with van der Waals surface area (Å²) in [6.07, 6.45) is -0.364. The van der Waals surface area contributed by atoms with Crippen LogP contribution < -0.4 is 4.74 Å². The first-order valence-corrected chi connectivity index (χ1v) is 6.58. The highest BCUT2D eigenvalue weighted by Gasteiger charge is 2.19. The van der Waals surface area contributed by atoms with Crippen LogP contribution in [0.4, 0.5) is 4.79 Å². The van der Waals surface area contributed by atoms with E-state index in [2.05, 4.69) is 0 Å². The topological polar surface area (TPSA) is 59.0 Å². The van der Waals surface area contributed by atoms with Gasteiger partial charge in [0.25, 0.3) is 0 Å². The van der Waals surface area contributed by atoms with E-state index in [1.54, 1.807) is 31.3 Å². The van der Waals surface area contributed by atoms with Crippen LogP contribution in [0.3, 0.4) is 0 Å². The zero-order valence-electron chi connectivity index (χ0n) is 12.5. The third kappa shape index (κ3) is 5.93. The third-order valence-corrected chi connectivity index (χ3v) is 2.51. The predicted molar refractivity (Wildman–Crippen MR) is 76.7 cm³/mol. The number of hydrogen-bond acceptors (Lipinski definition) is 4. The van der Waals surface area contributed by atoms with Gasteiger partial charge in [-0.2, -0.15) is 0 Å². The molecule has 1 amide bonds. The van der Waals surface area contributed by atoms with Crippen LogP contribution in [0, 0.1) is 0 Å². The van der Waals surface area contributed by atoms with Crippen LogP contribution in [-0.4, -0.2) is 41.9 Å². The lowest BCUT2D eigenvalue weighted by Gasteiger charge is -2.24. The van der Waals surface area contributed by atoms with Crippen LogP contribution in [0.2, 0.25) is 0 Å². The van der Waals surface area contributed by atoms with Gasteiger partial charge in [-0.05, 0) is 38.5 Å². The Morgan fingerprint density at radius 1 is 1.25 bits per heavy atom. The molecule has 0 spiro atoms. The van der Waals surface area contributed by atoms with Crippen molar-refractivity contribution in [1.29, 1.82) is 0 Å². The number of rotatable bonds is 5. The number of ether oxygens (including phenoxy) is 2. The molecule has 0 saturated carbocycles. The molecule has 1 aromatic carbocycles. The van der Waals surface area contributed by atoms with Crippen molar-refractivity contribution in [1.82, 2.24) is 4.90 Å². The van der Waals surface area contributed by atoms with Gasteiger partial charge in [0.05, 0.1) is 13.2 Å². The van der Waals surface area contributed by atoms with Gasteiger partial charge in [-0.25, -0.2) is 4.79 Å². The molecule has 0 unspecified atom stereocenters. The second kappa shape index (κ2) is 7.14. The van der Waals surface area contributed by atoms with Gasteiger partial charge in [0, 0.05) is 7.05 Å². The summed E-state index contributed by atoms with van der Waals surface area (Å²) >= 11 is 0. The van der Waals surface area contributed by atoms with Crippen molar-refractivity contribution in [3.63, 3.8) is 0 Å². The predicted octanol–water partition coefficient (Wildman–Crippen LogP) is 2.42. The van der Waals surface area contributed by atoms with E-state index in [9.17, 15) is 4.79 Å². The first-order chi connectivity index (χ1) is 9.31. The van der Waals surface area contributed by atoms with E-state index in [1.807, 2.05) is 20.8 Å². The molecule has 0 fully saturated rings. The number of nitrogens with zero attached hydrogens (tertiary/aromatic N) is 1. The van der Waals surface area contributed by atoms with Gasteiger partial charge in [0.2, 0.25) is 0 Å². The maximum atomic E-state index is 11.7. The summed E-state index contributed by atoms with van der Waals surface area (Å²) in [6.45, 7) is 6.33. The summed E-state index contributed by atoms with van der Waals surface area (Å²) in [7, 11) is 1.67. The number of amides is 1. The minimum Gasteiger partial charge on any atom is -0.492 e. The summed E-state index contributed by atoms with van der Waals surface area (Å²) in [5.41, 5.74) is 0.343. The quantitative estimate of drug-likeness (QED) is 0.900.